The van der Waals surface area contributed by atoms with Gasteiger partial charge in [-0.25, -0.2) is 0 Å². The second-order valence-corrected chi connectivity index (χ2v) is 13.9. The van der Waals surface area contributed by atoms with Crippen molar-refractivity contribution >= 4 is 27.5 Å². The van der Waals surface area contributed by atoms with Crippen LogP contribution in [0.15, 0.2) is 133 Å². The van der Waals surface area contributed by atoms with E-state index < -0.39 is 0 Å². The van der Waals surface area contributed by atoms with E-state index in [1.54, 1.807) is 11.1 Å². The van der Waals surface area contributed by atoms with Crippen LogP contribution in [0.3, 0.4) is 0 Å². The molecule has 5 atom stereocenters. The Bertz CT molecular complexity index is 2030. The molecule has 9 rings (SSSR count). The van der Waals surface area contributed by atoms with Gasteiger partial charge in [0.15, 0.2) is 0 Å². The lowest BCUT2D eigenvalue weighted by atomic mass is 9.69. The first-order chi connectivity index (χ1) is 23.3. The zero-order valence-electron chi connectivity index (χ0n) is 27.0. The first kappa shape index (κ1) is 28.9. The van der Waals surface area contributed by atoms with Crippen LogP contribution in [0.4, 0.5) is 0 Å². The van der Waals surface area contributed by atoms with Crippen LogP contribution in [-0.2, 0) is 0 Å². The Kier molecular flexibility index (Phi) is 7.42. The number of nitrogens with two attached hydrogens (primary N) is 1. The Labute approximate surface area is 278 Å². The van der Waals surface area contributed by atoms with Gasteiger partial charge < -0.3 is 5.73 Å². The highest BCUT2D eigenvalue weighted by molar-refractivity contribution is 6.04. The largest absolute Gasteiger partial charge is 0.327 e. The monoisotopic (exact) mass is 613 g/mol. The van der Waals surface area contributed by atoms with E-state index in [-0.39, 0.29) is 6.17 Å². The summed E-state index contributed by atoms with van der Waals surface area (Å²) in [4.78, 5) is 0. The summed E-state index contributed by atoms with van der Waals surface area (Å²) in [6, 6.07) is 21.8. The molecule has 4 N–H and O–H groups in total. The van der Waals surface area contributed by atoms with Gasteiger partial charge >= 0.3 is 0 Å². The van der Waals surface area contributed by atoms with Gasteiger partial charge in [-0.05, 0) is 104 Å². The van der Waals surface area contributed by atoms with Gasteiger partial charge in [0, 0.05) is 31.0 Å². The maximum Gasteiger partial charge on any atom is 0.0767 e. The van der Waals surface area contributed by atoms with Gasteiger partial charge in [-0.3, -0.25) is 10.6 Å². The van der Waals surface area contributed by atoms with Crippen LogP contribution in [0.2, 0.25) is 0 Å². The van der Waals surface area contributed by atoms with Gasteiger partial charge in [0.1, 0.15) is 0 Å². The molecule has 3 aromatic carbocycles. The number of allylic oxidation sites excluding steroid dienone is 11. The van der Waals surface area contributed by atoms with Crippen LogP contribution in [-0.4, -0.2) is 25.3 Å². The van der Waals surface area contributed by atoms with E-state index in [0.717, 1.165) is 38.6 Å². The van der Waals surface area contributed by atoms with Crippen molar-refractivity contribution in [1.82, 2.24) is 10.6 Å². The number of hydrogen-bond donors (Lipinski definition) is 3. The molecule has 3 nitrogen and oxygen atoms in total. The van der Waals surface area contributed by atoms with E-state index in [9.17, 15) is 0 Å². The molecule has 5 unspecified atom stereocenters. The second-order valence-electron chi connectivity index (χ2n) is 13.9. The van der Waals surface area contributed by atoms with Gasteiger partial charge in [-0.1, -0.05) is 121 Å². The predicted molar refractivity (Wildman–Crippen MR) is 197 cm³/mol. The maximum absolute atomic E-state index is 5.71. The highest BCUT2D eigenvalue weighted by Gasteiger charge is 2.43. The minimum Gasteiger partial charge on any atom is -0.327 e. The Hall–Kier alpha value is -4.28. The number of fused-ring (bicyclic) bond motifs is 4. The third kappa shape index (κ3) is 4.83. The smallest absolute Gasteiger partial charge is 0.0767 e. The van der Waals surface area contributed by atoms with Crippen molar-refractivity contribution in [2.24, 2.45) is 11.7 Å². The third-order valence-corrected chi connectivity index (χ3v) is 11.3. The average Bonchev–Trinajstić information content (AvgIpc) is 3.75. The van der Waals surface area contributed by atoms with E-state index in [0.29, 0.717) is 30.3 Å². The summed E-state index contributed by atoms with van der Waals surface area (Å²) >= 11 is 0. The lowest BCUT2D eigenvalue weighted by Gasteiger charge is -2.34. The van der Waals surface area contributed by atoms with Crippen LogP contribution in [0.1, 0.15) is 60.6 Å². The number of nitrogens with one attached hydrogen (secondary N) is 2. The lowest BCUT2D eigenvalue weighted by Crippen LogP contribution is -2.38. The van der Waals surface area contributed by atoms with E-state index in [2.05, 4.69) is 126 Å². The van der Waals surface area contributed by atoms with Crippen molar-refractivity contribution < 1.29 is 0 Å². The van der Waals surface area contributed by atoms with Gasteiger partial charge in [-0.15, -0.1) is 0 Å². The molecule has 0 amide bonds. The molecule has 234 valence electrons. The molecule has 0 spiro atoms. The van der Waals surface area contributed by atoms with Crippen LogP contribution < -0.4 is 26.8 Å². The number of hydrogen-bond acceptors (Lipinski definition) is 3. The molecule has 0 bridgehead atoms. The summed E-state index contributed by atoms with van der Waals surface area (Å²) in [7, 11) is 0. The quantitative estimate of drug-likeness (QED) is 0.264. The predicted octanol–water partition coefficient (Wildman–Crippen LogP) is 6.95. The summed E-state index contributed by atoms with van der Waals surface area (Å²) in [5.41, 5.74) is 17.7. The van der Waals surface area contributed by atoms with Gasteiger partial charge in [0.2, 0.25) is 0 Å². The van der Waals surface area contributed by atoms with Gasteiger partial charge in [0.05, 0.1) is 6.17 Å². The lowest BCUT2D eigenvalue weighted by molar-refractivity contribution is 0.471. The minimum absolute atomic E-state index is 0.191. The fourth-order valence-electron chi connectivity index (χ4n) is 9.35. The molecule has 0 saturated carbocycles. The van der Waals surface area contributed by atoms with Crippen molar-refractivity contribution in [2.75, 3.05) is 13.1 Å². The van der Waals surface area contributed by atoms with E-state index in [1.165, 1.54) is 54.6 Å². The van der Waals surface area contributed by atoms with Crippen molar-refractivity contribution in [1.29, 1.82) is 0 Å². The highest BCUT2D eigenvalue weighted by atomic mass is 15.2. The summed E-state index contributed by atoms with van der Waals surface area (Å²) in [6.45, 7) is 1.53. The first-order valence-corrected chi connectivity index (χ1v) is 17.6. The normalized spacial score (nSPS) is 27.7. The highest BCUT2D eigenvalue weighted by Crippen LogP contribution is 2.58. The van der Waals surface area contributed by atoms with Crippen LogP contribution in [0.5, 0.6) is 0 Å². The van der Waals surface area contributed by atoms with Crippen molar-refractivity contribution in [2.45, 2.75) is 56.1 Å². The molecule has 3 aromatic rings. The molecule has 1 fully saturated rings. The summed E-state index contributed by atoms with van der Waals surface area (Å²) in [6.07, 6.45) is 30.9. The molecule has 0 aromatic heterocycles. The fourth-order valence-corrected chi connectivity index (χ4v) is 9.35. The van der Waals surface area contributed by atoms with E-state index in [4.69, 9.17) is 5.73 Å². The van der Waals surface area contributed by atoms with Gasteiger partial charge in [0.25, 0.3) is 0 Å². The van der Waals surface area contributed by atoms with Gasteiger partial charge in [-0.2, -0.15) is 0 Å². The second kappa shape index (κ2) is 12.1. The number of benzene rings is 3. The Balaban J connectivity index is 1.19. The Morgan fingerprint density at radius 1 is 0.745 bits per heavy atom. The summed E-state index contributed by atoms with van der Waals surface area (Å²) in [5, 5.41) is 13.2. The summed E-state index contributed by atoms with van der Waals surface area (Å²) < 4.78 is 0. The van der Waals surface area contributed by atoms with E-state index in [1.807, 2.05) is 6.08 Å². The molecule has 47 heavy (non-hydrogen) atoms. The maximum atomic E-state index is 5.71. The van der Waals surface area contributed by atoms with Crippen LogP contribution >= 0.6 is 0 Å². The molecular formula is C44H43N3. The van der Waals surface area contributed by atoms with Crippen molar-refractivity contribution in [3.63, 3.8) is 0 Å². The zero-order valence-corrected chi connectivity index (χ0v) is 27.0. The molecule has 1 aliphatic heterocycles. The summed E-state index contributed by atoms with van der Waals surface area (Å²) in [5.74, 6) is 1.08. The average molecular weight is 614 g/mol. The zero-order chi connectivity index (χ0) is 31.3. The third-order valence-electron chi connectivity index (χ3n) is 11.3. The standard InChI is InChI=1S/C44H43N3/c45-25-11-22-39-46-27-38(47-39)31-17-9-16-30(26-31)32-23-24-37-42-33(32)20-10-21-36(42)43-40(28-12-3-1-4-13-28)34-18-7-8-19-35(34)41(44(37)43)29-14-5-2-6-15-29/h1-3,5,7-12,14,16-24,31,38-39,43-44,46-47H,4,6,13,15,25-27,45H2/b22-11-. The van der Waals surface area contributed by atoms with Crippen LogP contribution in [0.25, 0.3) is 27.5 Å². The molecule has 0 radical (unpaired) electrons. The number of rotatable bonds is 6. The Morgan fingerprint density at radius 3 is 2.13 bits per heavy atom. The van der Waals surface area contributed by atoms with Crippen molar-refractivity contribution in [3.05, 3.63) is 160 Å². The van der Waals surface area contributed by atoms with E-state index >= 15 is 0 Å². The molecule has 1 heterocycles. The first-order valence-electron chi connectivity index (χ1n) is 17.6. The molecule has 5 aliphatic carbocycles. The topological polar surface area (TPSA) is 50.1 Å². The Morgan fingerprint density at radius 2 is 1.45 bits per heavy atom. The fraction of sp³-hybridized carbons (Fsp3) is 0.273. The SMILES string of the molecule is NC/C=C\C1NCC(C2C=CC=C(c3ccc4c5c(cccc35)C3C(C5=CC=CCC5)=c5ccccc5=C(C5=CC=CCC5)C43)C2)N1. The van der Waals surface area contributed by atoms with Crippen LogP contribution in [0, 0.1) is 5.92 Å². The molecule has 3 heteroatoms. The van der Waals surface area contributed by atoms with Crippen molar-refractivity contribution in [3.8, 4) is 0 Å². The molecular weight excluding hydrogens is 571 g/mol. The molecule has 1 saturated heterocycles. The molecule has 6 aliphatic rings. The minimum atomic E-state index is 0.191.